The van der Waals surface area contributed by atoms with E-state index in [9.17, 15) is 4.79 Å². The summed E-state index contributed by atoms with van der Waals surface area (Å²) in [5.74, 6) is 0.199. The molecule has 0 aliphatic carbocycles. The van der Waals surface area contributed by atoms with Crippen LogP contribution in [0.15, 0.2) is 22.7 Å². The average Bonchev–Trinajstić information content (AvgIpc) is 2.16. The van der Waals surface area contributed by atoms with Crippen LogP contribution in [0.25, 0.3) is 0 Å². The molecule has 0 aliphatic rings. The molecule has 1 aromatic carbocycles. The van der Waals surface area contributed by atoms with Gasteiger partial charge in [0.1, 0.15) is 5.75 Å². The molecule has 0 bridgehead atoms. The number of nitrogens with one attached hydrogen (secondary N) is 1. The van der Waals surface area contributed by atoms with Gasteiger partial charge in [-0.05, 0) is 32.0 Å². The number of carbonyl (C=O) groups excluding carboxylic acids is 1. The topological polar surface area (TPSA) is 47.6 Å². The van der Waals surface area contributed by atoms with Gasteiger partial charge in [-0.2, -0.15) is 0 Å². The molecular weight excluding hydrogens is 274 g/mol. The second kappa shape index (κ2) is 5.86. The molecule has 0 radical (unpaired) electrons. The van der Waals surface area contributed by atoms with Gasteiger partial charge in [0.2, 0.25) is 0 Å². The fourth-order valence-corrected chi connectivity index (χ4v) is 1.52. The van der Waals surface area contributed by atoms with E-state index < -0.39 is 0 Å². The number of carbonyl (C=O) groups is 1. The van der Waals surface area contributed by atoms with E-state index >= 15 is 0 Å². The van der Waals surface area contributed by atoms with E-state index in [1.54, 1.807) is 18.2 Å². The van der Waals surface area contributed by atoms with Crippen LogP contribution in [0.1, 0.15) is 24.2 Å². The van der Waals surface area contributed by atoms with Gasteiger partial charge in [0.05, 0.1) is 18.8 Å². The summed E-state index contributed by atoms with van der Waals surface area (Å²) in [6.07, 6.45) is 0.00314. The second-order valence-corrected chi connectivity index (χ2v) is 4.36. The molecule has 1 N–H and O–H groups in total. The fourth-order valence-electron chi connectivity index (χ4n) is 1.18. The number of amides is 1. The zero-order chi connectivity index (χ0) is 12.1. The summed E-state index contributed by atoms with van der Waals surface area (Å²) in [5.41, 5.74) is 2.70. The lowest BCUT2D eigenvalue weighted by atomic mass is 10.2. The first-order chi connectivity index (χ1) is 7.54. The number of benzene rings is 1. The van der Waals surface area contributed by atoms with Crippen LogP contribution >= 0.6 is 15.9 Å². The monoisotopic (exact) mass is 287 g/mol. The maximum absolute atomic E-state index is 11.6. The van der Waals surface area contributed by atoms with Crippen molar-refractivity contribution in [1.82, 2.24) is 5.48 Å². The van der Waals surface area contributed by atoms with Crippen molar-refractivity contribution in [2.45, 2.75) is 20.0 Å². The Morgan fingerprint density at radius 1 is 1.44 bits per heavy atom. The quantitative estimate of drug-likeness (QED) is 0.866. The summed E-state index contributed by atoms with van der Waals surface area (Å²) in [6.45, 7) is 3.80. The lowest BCUT2D eigenvalue weighted by Crippen LogP contribution is -2.23. The van der Waals surface area contributed by atoms with Gasteiger partial charge in [-0.3, -0.25) is 9.63 Å². The Kier molecular flexibility index (Phi) is 4.76. The van der Waals surface area contributed by atoms with Crippen LogP contribution in [0.2, 0.25) is 0 Å². The van der Waals surface area contributed by atoms with Gasteiger partial charge in [-0.15, -0.1) is 0 Å². The number of hydrogen-bond donors (Lipinski definition) is 1. The molecule has 16 heavy (non-hydrogen) atoms. The SMILES string of the molecule is CONC(=O)c1ccc(Br)cc1OC(C)C. The molecule has 5 heteroatoms. The average molecular weight is 288 g/mol. The number of ether oxygens (including phenoxy) is 1. The molecule has 1 rings (SSSR count). The van der Waals surface area contributed by atoms with Crippen LogP contribution in [-0.2, 0) is 4.84 Å². The molecule has 0 heterocycles. The minimum Gasteiger partial charge on any atom is -0.490 e. The van der Waals surface area contributed by atoms with Crippen LogP contribution in [0.5, 0.6) is 5.75 Å². The normalized spacial score (nSPS) is 10.3. The molecule has 1 aromatic rings. The lowest BCUT2D eigenvalue weighted by Gasteiger charge is -2.14. The third kappa shape index (κ3) is 3.50. The zero-order valence-electron chi connectivity index (χ0n) is 9.41. The molecule has 1 amide bonds. The van der Waals surface area contributed by atoms with Crippen LogP contribution < -0.4 is 10.2 Å². The van der Waals surface area contributed by atoms with Gasteiger partial charge >= 0.3 is 0 Å². The molecule has 0 saturated carbocycles. The van der Waals surface area contributed by atoms with Crippen LogP contribution in [0.3, 0.4) is 0 Å². The predicted molar refractivity (Wildman–Crippen MR) is 64.4 cm³/mol. The van der Waals surface area contributed by atoms with Crippen molar-refractivity contribution < 1.29 is 14.4 Å². The van der Waals surface area contributed by atoms with Crippen molar-refractivity contribution >= 4 is 21.8 Å². The third-order valence-corrected chi connectivity index (χ3v) is 2.24. The van der Waals surface area contributed by atoms with E-state index in [-0.39, 0.29) is 12.0 Å². The third-order valence-electron chi connectivity index (χ3n) is 1.75. The largest absolute Gasteiger partial charge is 0.490 e. The van der Waals surface area contributed by atoms with E-state index in [1.165, 1.54) is 7.11 Å². The highest BCUT2D eigenvalue weighted by atomic mass is 79.9. The highest BCUT2D eigenvalue weighted by Gasteiger charge is 2.13. The molecule has 0 fully saturated rings. The number of halogens is 1. The fraction of sp³-hybridized carbons (Fsp3) is 0.364. The summed E-state index contributed by atoms with van der Waals surface area (Å²) < 4.78 is 6.41. The Labute approximate surface area is 103 Å². The molecule has 4 nitrogen and oxygen atoms in total. The van der Waals surface area contributed by atoms with E-state index in [4.69, 9.17) is 4.74 Å². The zero-order valence-corrected chi connectivity index (χ0v) is 11.0. The molecule has 0 aromatic heterocycles. The van der Waals surface area contributed by atoms with Crippen molar-refractivity contribution in [2.24, 2.45) is 0 Å². The number of hydrogen-bond acceptors (Lipinski definition) is 3. The Morgan fingerprint density at radius 2 is 2.12 bits per heavy atom. The highest BCUT2D eigenvalue weighted by Crippen LogP contribution is 2.24. The van der Waals surface area contributed by atoms with Crippen molar-refractivity contribution in [3.63, 3.8) is 0 Å². The van der Waals surface area contributed by atoms with Crippen LogP contribution in [0, 0.1) is 0 Å². The van der Waals surface area contributed by atoms with E-state index in [0.717, 1.165) is 4.47 Å². The van der Waals surface area contributed by atoms with Crippen molar-refractivity contribution in [3.05, 3.63) is 28.2 Å². The smallest absolute Gasteiger partial charge is 0.278 e. The highest BCUT2D eigenvalue weighted by molar-refractivity contribution is 9.10. The van der Waals surface area contributed by atoms with Gasteiger partial charge in [-0.1, -0.05) is 15.9 Å². The molecule has 0 atom stereocenters. The van der Waals surface area contributed by atoms with Crippen molar-refractivity contribution in [2.75, 3.05) is 7.11 Å². The Bertz CT molecular complexity index is 379. The van der Waals surface area contributed by atoms with E-state index in [0.29, 0.717) is 11.3 Å². The van der Waals surface area contributed by atoms with Crippen molar-refractivity contribution in [3.8, 4) is 5.75 Å². The molecule has 0 saturated heterocycles. The number of rotatable bonds is 4. The predicted octanol–water partition coefficient (Wildman–Crippen LogP) is 2.53. The number of hydroxylamine groups is 1. The van der Waals surface area contributed by atoms with E-state index in [2.05, 4.69) is 26.2 Å². The molecule has 0 spiro atoms. The van der Waals surface area contributed by atoms with Gasteiger partial charge in [0.25, 0.3) is 5.91 Å². The van der Waals surface area contributed by atoms with Crippen LogP contribution in [-0.4, -0.2) is 19.1 Å². The van der Waals surface area contributed by atoms with Crippen molar-refractivity contribution in [1.29, 1.82) is 0 Å². The first-order valence-electron chi connectivity index (χ1n) is 4.84. The van der Waals surface area contributed by atoms with Gasteiger partial charge < -0.3 is 4.74 Å². The minimum absolute atomic E-state index is 0.00314. The Hall–Kier alpha value is -1.07. The molecular formula is C11H14BrNO3. The first-order valence-corrected chi connectivity index (χ1v) is 5.63. The molecule has 0 aliphatic heterocycles. The summed E-state index contributed by atoms with van der Waals surface area (Å²) in [5, 5.41) is 0. The minimum atomic E-state index is -0.328. The van der Waals surface area contributed by atoms with Gasteiger partial charge in [0, 0.05) is 4.47 Å². The Balaban J connectivity index is 3.02. The standard InChI is InChI=1S/C11H14BrNO3/c1-7(2)16-10-6-8(12)4-5-9(10)11(14)13-15-3/h4-7H,1-3H3,(H,13,14). The summed E-state index contributed by atoms with van der Waals surface area (Å²) in [7, 11) is 1.39. The Morgan fingerprint density at radius 3 is 2.69 bits per heavy atom. The molecule has 0 unspecified atom stereocenters. The summed E-state index contributed by atoms with van der Waals surface area (Å²) in [4.78, 5) is 16.2. The van der Waals surface area contributed by atoms with E-state index in [1.807, 2.05) is 13.8 Å². The second-order valence-electron chi connectivity index (χ2n) is 3.44. The van der Waals surface area contributed by atoms with Gasteiger partial charge in [-0.25, -0.2) is 5.48 Å². The maximum atomic E-state index is 11.6. The van der Waals surface area contributed by atoms with Crippen LogP contribution in [0.4, 0.5) is 0 Å². The summed E-state index contributed by atoms with van der Waals surface area (Å²) in [6, 6.07) is 5.21. The maximum Gasteiger partial charge on any atom is 0.278 e. The molecule has 88 valence electrons. The first kappa shape index (κ1) is 13.0. The lowest BCUT2D eigenvalue weighted by molar-refractivity contribution is 0.0532. The van der Waals surface area contributed by atoms with Gasteiger partial charge in [0.15, 0.2) is 0 Å². The summed E-state index contributed by atoms with van der Waals surface area (Å²) >= 11 is 3.33.